The number of fused-ring (bicyclic) bond motifs is 1. The molecule has 1 aliphatic heterocycles. The summed E-state index contributed by atoms with van der Waals surface area (Å²) in [6.07, 6.45) is 7.31. The summed E-state index contributed by atoms with van der Waals surface area (Å²) in [4.78, 5) is 21.8. The van der Waals surface area contributed by atoms with E-state index in [-0.39, 0.29) is 5.97 Å². The van der Waals surface area contributed by atoms with Crippen LogP contribution in [0.4, 0.5) is 0 Å². The van der Waals surface area contributed by atoms with E-state index >= 15 is 0 Å². The lowest BCUT2D eigenvalue weighted by atomic mass is 10.0. The van der Waals surface area contributed by atoms with Crippen molar-refractivity contribution in [3.63, 3.8) is 0 Å². The molecule has 2 aromatic heterocycles. The van der Waals surface area contributed by atoms with E-state index in [4.69, 9.17) is 4.74 Å². The van der Waals surface area contributed by atoms with Crippen molar-refractivity contribution in [1.82, 2.24) is 14.9 Å². The molecule has 0 radical (unpaired) electrons. The lowest BCUT2D eigenvalue weighted by Gasteiger charge is -2.18. The first kappa shape index (κ1) is 16.8. The highest BCUT2D eigenvalue weighted by Gasteiger charge is 2.22. The van der Waals surface area contributed by atoms with Crippen LogP contribution in [0, 0.1) is 0 Å². The van der Waals surface area contributed by atoms with Gasteiger partial charge in [-0.05, 0) is 62.7 Å². The van der Waals surface area contributed by atoms with Crippen LogP contribution in [0.3, 0.4) is 0 Å². The number of pyridine rings is 1. The average molecular weight is 349 g/mol. The van der Waals surface area contributed by atoms with Gasteiger partial charge in [0.05, 0.1) is 18.4 Å². The second kappa shape index (κ2) is 6.92. The summed E-state index contributed by atoms with van der Waals surface area (Å²) >= 11 is 0. The van der Waals surface area contributed by atoms with E-state index in [0.717, 1.165) is 23.2 Å². The third-order valence-electron chi connectivity index (χ3n) is 5.37. The standard InChI is InChI=1S/C21H23N3O2/c1-24-9-3-4-17(24)10-16-13-23-20-8-5-14(11-18(16)20)19-7-6-15(12-22-19)21(25)26-2/h5-8,11-13,17,23H,3-4,9-10H2,1-2H3/t17-/m1/s1. The number of likely N-dealkylation sites (N-methyl/N-ethyl adjacent to an activating group) is 1. The van der Waals surface area contributed by atoms with Crippen LogP contribution in [0.1, 0.15) is 28.8 Å². The van der Waals surface area contributed by atoms with E-state index in [2.05, 4.69) is 46.3 Å². The molecule has 0 amide bonds. The van der Waals surface area contributed by atoms with E-state index in [1.807, 2.05) is 6.07 Å². The Morgan fingerprint density at radius 1 is 1.35 bits per heavy atom. The fourth-order valence-electron chi connectivity index (χ4n) is 3.80. The number of likely N-dealkylation sites (tertiary alicyclic amines) is 1. The number of rotatable bonds is 4. The smallest absolute Gasteiger partial charge is 0.339 e. The van der Waals surface area contributed by atoms with E-state index in [1.54, 1.807) is 12.3 Å². The van der Waals surface area contributed by atoms with Gasteiger partial charge in [-0.3, -0.25) is 4.98 Å². The van der Waals surface area contributed by atoms with Crippen LogP contribution < -0.4 is 0 Å². The van der Waals surface area contributed by atoms with Gasteiger partial charge in [0.15, 0.2) is 0 Å². The molecular formula is C21H23N3O2. The van der Waals surface area contributed by atoms with Gasteiger partial charge in [0, 0.05) is 34.9 Å². The predicted octanol–water partition coefficient (Wildman–Crippen LogP) is 3.65. The number of ether oxygens (including phenoxy) is 1. The highest BCUT2D eigenvalue weighted by atomic mass is 16.5. The molecule has 1 atom stereocenters. The van der Waals surface area contributed by atoms with Crippen LogP contribution >= 0.6 is 0 Å². The largest absolute Gasteiger partial charge is 0.465 e. The van der Waals surface area contributed by atoms with Crippen LogP contribution in [0.2, 0.25) is 0 Å². The average Bonchev–Trinajstić information content (AvgIpc) is 3.27. The summed E-state index contributed by atoms with van der Waals surface area (Å²) in [5.41, 5.74) is 4.87. The van der Waals surface area contributed by atoms with Gasteiger partial charge in [-0.2, -0.15) is 0 Å². The zero-order valence-corrected chi connectivity index (χ0v) is 15.2. The molecule has 3 heterocycles. The number of hydrogen-bond donors (Lipinski definition) is 1. The topological polar surface area (TPSA) is 58.2 Å². The molecule has 5 heteroatoms. The van der Waals surface area contributed by atoms with E-state index in [9.17, 15) is 4.79 Å². The summed E-state index contributed by atoms with van der Waals surface area (Å²) < 4.78 is 4.73. The Morgan fingerprint density at radius 2 is 2.23 bits per heavy atom. The molecule has 1 N–H and O–H groups in total. The van der Waals surface area contributed by atoms with Crippen molar-refractivity contribution in [3.8, 4) is 11.3 Å². The Morgan fingerprint density at radius 3 is 2.92 bits per heavy atom. The number of H-pyrrole nitrogens is 1. The van der Waals surface area contributed by atoms with E-state index < -0.39 is 0 Å². The number of methoxy groups -OCH3 is 1. The number of aromatic amines is 1. The van der Waals surface area contributed by atoms with Gasteiger partial charge in [0.1, 0.15) is 0 Å². The van der Waals surface area contributed by atoms with Crippen LogP contribution in [0.25, 0.3) is 22.2 Å². The fourth-order valence-corrected chi connectivity index (χ4v) is 3.80. The van der Waals surface area contributed by atoms with Gasteiger partial charge in [-0.15, -0.1) is 0 Å². The monoisotopic (exact) mass is 349 g/mol. The summed E-state index contributed by atoms with van der Waals surface area (Å²) in [6.45, 7) is 1.19. The number of esters is 1. The number of aromatic nitrogens is 2. The van der Waals surface area contributed by atoms with Crippen molar-refractivity contribution in [2.75, 3.05) is 20.7 Å². The Labute approximate surface area is 153 Å². The van der Waals surface area contributed by atoms with Crippen molar-refractivity contribution in [3.05, 3.63) is 53.9 Å². The zero-order valence-electron chi connectivity index (χ0n) is 15.2. The minimum Gasteiger partial charge on any atom is -0.465 e. The molecule has 0 spiro atoms. The molecule has 1 saturated heterocycles. The predicted molar refractivity (Wildman–Crippen MR) is 102 cm³/mol. The van der Waals surface area contributed by atoms with Crippen molar-refractivity contribution < 1.29 is 9.53 Å². The van der Waals surface area contributed by atoms with Crippen molar-refractivity contribution in [2.24, 2.45) is 0 Å². The second-order valence-electron chi connectivity index (χ2n) is 6.98. The third kappa shape index (κ3) is 3.10. The fraction of sp³-hybridized carbons (Fsp3) is 0.333. The first-order valence-electron chi connectivity index (χ1n) is 9.00. The minimum atomic E-state index is -0.367. The SMILES string of the molecule is COC(=O)c1ccc(-c2ccc3[nH]cc(C[C@H]4CCCN4C)c3c2)nc1. The lowest BCUT2D eigenvalue weighted by molar-refractivity contribution is 0.0600. The van der Waals surface area contributed by atoms with Crippen molar-refractivity contribution in [1.29, 1.82) is 0 Å². The maximum absolute atomic E-state index is 11.6. The Balaban J connectivity index is 1.64. The van der Waals surface area contributed by atoms with Crippen LogP contribution in [-0.2, 0) is 11.2 Å². The maximum atomic E-state index is 11.6. The molecule has 1 fully saturated rings. The summed E-state index contributed by atoms with van der Waals surface area (Å²) in [6, 6.07) is 10.6. The lowest BCUT2D eigenvalue weighted by Crippen LogP contribution is -2.26. The molecular weight excluding hydrogens is 326 g/mol. The third-order valence-corrected chi connectivity index (χ3v) is 5.37. The summed E-state index contributed by atoms with van der Waals surface area (Å²) in [5, 5.41) is 1.25. The van der Waals surface area contributed by atoms with Crippen LogP contribution in [0.5, 0.6) is 0 Å². The highest BCUT2D eigenvalue weighted by molar-refractivity contribution is 5.90. The van der Waals surface area contributed by atoms with Crippen molar-refractivity contribution >= 4 is 16.9 Å². The van der Waals surface area contributed by atoms with Gasteiger partial charge < -0.3 is 14.6 Å². The summed E-state index contributed by atoms with van der Waals surface area (Å²) in [5.74, 6) is -0.367. The molecule has 4 rings (SSSR count). The first-order chi connectivity index (χ1) is 12.7. The Bertz CT molecular complexity index is 930. The molecule has 26 heavy (non-hydrogen) atoms. The molecule has 0 unspecified atom stereocenters. The maximum Gasteiger partial charge on any atom is 0.339 e. The molecule has 0 aliphatic carbocycles. The van der Waals surface area contributed by atoms with Crippen LogP contribution in [0.15, 0.2) is 42.7 Å². The molecule has 0 saturated carbocycles. The first-order valence-corrected chi connectivity index (χ1v) is 9.00. The number of benzene rings is 1. The molecule has 1 aromatic carbocycles. The quantitative estimate of drug-likeness (QED) is 0.731. The molecule has 5 nitrogen and oxygen atoms in total. The highest BCUT2D eigenvalue weighted by Crippen LogP contribution is 2.28. The molecule has 1 aliphatic rings. The number of carbonyl (C=O) groups is 1. The Hall–Kier alpha value is -2.66. The van der Waals surface area contributed by atoms with Gasteiger partial charge >= 0.3 is 5.97 Å². The summed E-state index contributed by atoms with van der Waals surface area (Å²) in [7, 11) is 3.59. The van der Waals surface area contributed by atoms with Crippen molar-refractivity contribution in [2.45, 2.75) is 25.3 Å². The molecule has 3 aromatic rings. The van der Waals surface area contributed by atoms with E-state index in [1.165, 1.54) is 37.4 Å². The number of nitrogens with one attached hydrogen (secondary N) is 1. The van der Waals surface area contributed by atoms with Gasteiger partial charge in [-0.1, -0.05) is 6.07 Å². The normalized spacial score (nSPS) is 17.7. The van der Waals surface area contributed by atoms with E-state index in [0.29, 0.717) is 11.6 Å². The second-order valence-corrected chi connectivity index (χ2v) is 6.98. The van der Waals surface area contributed by atoms with Gasteiger partial charge in [-0.25, -0.2) is 4.79 Å². The van der Waals surface area contributed by atoms with Gasteiger partial charge in [0.25, 0.3) is 0 Å². The Kier molecular flexibility index (Phi) is 4.47. The van der Waals surface area contributed by atoms with Crippen LogP contribution in [-0.4, -0.2) is 47.6 Å². The number of hydrogen-bond acceptors (Lipinski definition) is 4. The molecule has 0 bridgehead atoms. The molecule has 134 valence electrons. The zero-order chi connectivity index (χ0) is 18.1. The number of carbonyl (C=O) groups excluding carboxylic acids is 1. The minimum absolute atomic E-state index is 0.367. The number of nitrogens with zero attached hydrogens (tertiary/aromatic N) is 2. The van der Waals surface area contributed by atoms with Gasteiger partial charge in [0.2, 0.25) is 0 Å².